The van der Waals surface area contributed by atoms with Crippen LogP contribution in [0.5, 0.6) is 0 Å². The number of Topliss-reactive ketones (excluding diaryl/α,β-unsaturated/α-hetero) is 1. The lowest BCUT2D eigenvalue weighted by molar-refractivity contribution is -0.384. The predicted molar refractivity (Wildman–Crippen MR) is 99.2 cm³/mol. The van der Waals surface area contributed by atoms with Gasteiger partial charge in [-0.15, -0.1) is 0 Å². The zero-order chi connectivity index (χ0) is 20.0. The van der Waals surface area contributed by atoms with Gasteiger partial charge in [0, 0.05) is 29.9 Å². The molecule has 0 aliphatic rings. The first-order chi connectivity index (χ1) is 12.8. The highest BCUT2D eigenvalue weighted by molar-refractivity contribution is 6.02. The summed E-state index contributed by atoms with van der Waals surface area (Å²) in [5, 5.41) is 22.7. The molecule has 8 heteroatoms. The SMILES string of the molecule is Cc1ccc(C(=O)COC(=O)c2cc([N+](=O)[O-])ccc2NCCO)c(C)c1. The van der Waals surface area contributed by atoms with Gasteiger partial charge in [-0.1, -0.05) is 23.8 Å². The molecule has 0 amide bonds. The fraction of sp³-hybridized carbons (Fsp3) is 0.263. The van der Waals surface area contributed by atoms with Gasteiger partial charge in [0.05, 0.1) is 17.1 Å². The number of carbonyl (C=O) groups excluding carboxylic acids is 2. The van der Waals surface area contributed by atoms with E-state index in [0.29, 0.717) is 5.56 Å². The number of aliphatic hydroxyl groups is 1. The zero-order valence-corrected chi connectivity index (χ0v) is 15.0. The molecule has 0 spiro atoms. The van der Waals surface area contributed by atoms with Gasteiger partial charge in [-0.2, -0.15) is 0 Å². The predicted octanol–water partition coefficient (Wildman–Crippen LogP) is 2.66. The van der Waals surface area contributed by atoms with Gasteiger partial charge in [0.25, 0.3) is 5.69 Å². The van der Waals surface area contributed by atoms with Crippen molar-refractivity contribution in [2.24, 2.45) is 0 Å². The number of nitrogens with zero attached hydrogens (tertiary/aromatic N) is 1. The van der Waals surface area contributed by atoms with Crippen molar-refractivity contribution in [1.82, 2.24) is 0 Å². The Morgan fingerprint density at radius 1 is 1.15 bits per heavy atom. The molecule has 0 aliphatic heterocycles. The number of nitro benzene ring substituents is 1. The van der Waals surface area contributed by atoms with Crippen LogP contribution in [0.4, 0.5) is 11.4 Å². The quantitative estimate of drug-likeness (QED) is 0.316. The number of anilines is 1. The number of nitrogens with one attached hydrogen (secondary N) is 1. The standard InChI is InChI=1S/C19H20N2O6/c1-12-3-5-15(13(2)9-12)18(23)11-27-19(24)16-10-14(21(25)26)4-6-17(16)20-7-8-22/h3-6,9-10,20,22H,7-8,11H2,1-2H3. The van der Waals surface area contributed by atoms with Crippen molar-refractivity contribution in [2.75, 3.05) is 25.1 Å². The van der Waals surface area contributed by atoms with Crippen LogP contribution in [-0.4, -0.2) is 41.5 Å². The number of nitro groups is 1. The van der Waals surface area contributed by atoms with Crippen molar-refractivity contribution in [3.8, 4) is 0 Å². The fourth-order valence-corrected chi connectivity index (χ4v) is 2.57. The van der Waals surface area contributed by atoms with E-state index in [0.717, 1.165) is 17.2 Å². The summed E-state index contributed by atoms with van der Waals surface area (Å²) in [5.74, 6) is -1.23. The molecular formula is C19H20N2O6. The Morgan fingerprint density at radius 3 is 2.52 bits per heavy atom. The van der Waals surface area contributed by atoms with Crippen LogP contribution in [-0.2, 0) is 4.74 Å². The monoisotopic (exact) mass is 372 g/mol. The van der Waals surface area contributed by atoms with Crippen LogP contribution < -0.4 is 5.32 Å². The first kappa shape index (κ1) is 20.1. The minimum Gasteiger partial charge on any atom is -0.454 e. The van der Waals surface area contributed by atoms with Crippen LogP contribution in [0.15, 0.2) is 36.4 Å². The van der Waals surface area contributed by atoms with E-state index in [1.807, 2.05) is 13.0 Å². The van der Waals surface area contributed by atoms with Crippen LogP contribution in [0.2, 0.25) is 0 Å². The summed E-state index contributed by atoms with van der Waals surface area (Å²) in [4.78, 5) is 35.0. The van der Waals surface area contributed by atoms with Gasteiger partial charge in [-0.25, -0.2) is 4.79 Å². The average Bonchev–Trinajstić information content (AvgIpc) is 2.63. The third kappa shape index (κ3) is 5.11. The molecule has 0 saturated heterocycles. The van der Waals surface area contributed by atoms with Crippen LogP contribution in [0, 0.1) is 24.0 Å². The lowest BCUT2D eigenvalue weighted by atomic mass is 10.0. The highest BCUT2D eigenvalue weighted by Crippen LogP contribution is 2.23. The Morgan fingerprint density at radius 2 is 1.89 bits per heavy atom. The topological polar surface area (TPSA) is 119 Å². The van der Waals surface area contributed by atoms with Crippen molar-refractivity contribution in [3.05, 3.63) is 68.8 Å². The van der Waals surface area contributed by atoms with Gasteiger partial charge >= 0.3 is 5.97 Å². The van der Waals surface area contributed by atoms with Crippen LogP contribution in [0.1, 0.15) is 31.8 Å². The van der Waals surface area contributed by atoms with Crippen molar-refractivity contribution >= 4 is 23.1 Å². The summed E-state index contributed by atoms with van der Waals surface area (Å²) in [6.45, 7) is 3.19. The Labute approximate surface area is 155 Å². The van der Waals surface area contributed by atoms with Crippen molar-refractivity contribution < 1.29 is 24.4 Å². The second-order valence-electron chi connectivity index (χ2n) is 5.96. The first-order valence-electron chi connectivity index (χ1n) is 8.24. The minimum atomic E-state index is -0.864. The minimum absolute atomic E-state index is 0.0777. The Hall–Kier alpha value is -3.26. The molecule has 0 saturated carbocycles. The number of ketones is 1. The smallest absolute Gasteiger partial charge is 0.340 e. The van der Waals surface area contributed by atoms with E-state index in [1.165, 1.54) is 12.1 Å². The maximum Gasteiger partial charge on any atom is 0.340 e. The molecule has 2 aromatic carbocycles. The fourth-order valence-electron chi connectivity index (χ4n) is 2.57. The van der Waals surface area contributed by atoms with Gasteiger partial charge in [-0.05, 0) is 25.5 Å². The highest BCUT2D eigenvalue weighted by atomic mass is 16.6. The number of rotatable bonds is 8. The van der Waals surface area contributed by atoms with E-state index >= 15 is 0 Å². The second kappa shape index (κ2) is 8.91. The third-order valence-electron chi connectivity index (χ3n) is 3.88. The molecule has 0 atom stereocenters. The normalized spacial score (nSPS) is 10.3. The van der Waals surface area contributed by atoms with E-state index < -0.39 is 17.5 Å². The molecule has 27 heavy (non-hydrogen) atoms. The van der Waals surface area contributed by atoms with E-state index in [4.69, 9.17) is 9.84 Å². The van der Waals surface area contributed by atoms with Crippen LogP contribution >= 0.6 is 0 Å². The van der Waals surface area contributed by atoms with Crippen molar-refractivity contribution in [1.29, 1.82) is 0 Å². The molecule has 2 rings (SSSR count). The van der Waals surface area contributed by atoms with E-state index in [-0.39, 0.29) is 35.9 Å². The lowest BCUT2D eigenvalue weighted by Gasteiger charge is -2.11. The summed E-state index contributed by atoms with van der Waals surface area (Å²) in [6, 6.07) is 8.98. The molecule has 0 bridgehead atoms. The molecule has 2 aromatic rings. The summed E-state index contributed by atoms with van der Waals surface area (Å²) in [6.07, 6.45) is 0. The van der Waals surface area contributed by atoms with Gasteiger partial charge in [-0.3, -0.25) is 14.9 Å². The first-order valence-corrected chi connectivity index (χ1v) is 8.24. The van der Waals surface area contributed by atoms with E-state index in [2.05, 4.69) is 5.32 Å². The lowest BCUT2D eigenvalue weighted by Crippen LogP contribution is -2.17. The number of non-ortho nitro benzene ring substituents is 1. The average molecular weight is 372 g/mol. The van der Waals surface area contributed by atoms with Crippen LogP contribution in [0.3, 0.4) is 0 Å². The molecule has 2 N–H and O–H groups in total. The number of benzene rings is 2. The number of hydrogen-bond acceptors (Lipinski definition) is 7. The van der Waals surface area contributed by atoms with Gasteiger partial charge in [0.15, 0.2) is 6.61 Å². The molecule has 0 heterocycles. The maximum absolute atomic E-state index is 12.4. The largest absolute Gasteiger partial charge is 0.454 e. The number of hydrogen-bond donors (Lipinski definition) is 2. The molecular weight excluding hydrogens is 352 g/mol. The zero-order valence-electron chi connectivity index (χ0n) is 15.0. The Balaban J connectivity index is 2.17. The maximum atomic E-state index is 12.4. The number of esters is 1. The highest BCUT2D eigenvalue weighted by Gasteiger charge is 2.20. The molecule has 8 nitrogen and oxygen atoms in total. The third-order valence-corrected chi connectivity index (χ3v) is 3.88. The van der Waals surface area contributed by atoms with Gasteiger partial charge < -0.3 is 15.2 Å². The van der Waals surface area contributed by atoms with Crippen molar-refractivity contribution in [3.63, 3.8) is 0 Å². The Kier molecular flexibility index (Phi) is 6.62. The second-order valence-corrected chi connectivity index (χ2v) is 5.96. The molecule has 0 aromatic heterocycles. The van der Waals surface area contributed by atoms with Crippen LogP contribution in [0.25, 0.3) is 0 Å². The summed E-state index contributed by atoms with van der Waals surface area (Å²) in [5.41, 5.74) is 2.15. The number of carbonyl (C=O) groups is 2. The molecule has 0 radical (unpaired) electrons. The van der Waals surface area contributed by atoms with E-state index in [1.54, 1.807) is 19.1 Å². The van der Waals surface area contributed by atoms with Gasteiger partial charge in [0.2, 0.25) is 5.78 Å². The molecule has 0 unspecified atom stereocenters. The summed E-state index contributed by atoms with van der Waals surface area (Å²) in [7, 11) is 0. The number of ether oxygens (including phenoxy) is 1. The summed E-state index contributed by atoms with van der Waals surface area (Å²) < 4.78 is 5.07. The van der Waals surface area contributed by atoms with Crippen molar-refractivity contribution in [2.45, 2.75) is 13.8 Å². The van der Waals surface area contributed by atoms with Gasteiger partial charge in [0.1, 0.15) is 0 Å². The number of aliphatic hydroxyl groups excluding tert-OH is 1. The molecule has 0 fully saturated rings. The number of aryl methyl sites for hydroxylation is 2. The Bertz CT molecular complexity index is 878. The molecule has 0 aliphatic carbocycles. The van der Waals surface area contributed by atoms with E-state index in [9.17, 15) is 19.7 Å². The summed E-state index contributed by atoms with van der Waals surface area (Å²) >= 11 is 0. The molecule has 142 valence electrons.